The monoisotopic (exact) mass is 282 g/mol. The molecule has 0 radical (unpaired) electrons. The lowest BCUT2D eigenvalue weighted by atomic mass is 9.86. The Bertz CT molecular complexity index is 614. The third-order valence-electron chi connectivity index (χ3n) is 3.09. The summed E-state index contributed by atoms with van der Waals surface area (Å²) in [6.07, 6.45) is 3.34. The molecule has 2 rings (SSSR count). The maximum absolute atomic E-state index is 4.28. The van der Waals surface area contributed by atoms with E-state index in [1.165, 1.54) is 5.56 Å². The van der Waals surface area contributed by atoms with Gasteiger partial charge in [0.1, 0.15) is 18.0 Å². The Balaban J connectivity index is 2.24. The standard InChI is InChI=1S/C17H22N4/c1-5-10-18-15-11-16(20-12-19-15)21-14-9-7-6-8-13(14)17(2,3)4/h5-9,11-12H,1,10H2,2-4H3,(H2,18,19,20,21). The molecule has 0 saturated heterocycles. The third-order valence-corrected chi connectivity index (χ3v) is 3.09. The van der Waals surface area contributed by atoms with Crippen LogP contribution < -0.4 is 10.6 Å². The van der Waals surface area contributed by atoms with E-state index < -0.39 is 0 Å². The summed E-state index contributed by atoms with van der Waals surface area (Å²) in [6, 6.07) is 10.2. The first-order valence-electron chi connectivity index (χ1n) is 7.04. The van der Waals surface area contributed by atoms with Crippen LogP contribution >= 0.6 is 0 Å². The van der Waals surface area contributed by atoms with Crippen LogP contribution in [0, 0.1) is 0 Å². The summed E-state index contributed by atoms with van der Waals surface area (Å²) in [5.74, 6) is 1.55. The van der Waals surface area contributed by atoms with Crippen LogP contribution in [0.3, 0.4) is 0 Å². The number of para-hydroxylation sites is 1. The first-order chi connectivity index (χ1) is 10.0. The SMILES string of the molecule is C=CCNc1cc(Nc2ccccc2C(C)(C)C)ncn1. The maximum Gasteiger partial charge on any atom is 0.135 e. The number of benzene rings is 1. The molecule has 0 amide bonds. The molecule has 0 fully saturated rings. The summed E-state index contributed by atoms with van der Waals surface area (Å²) in [4.78, 5) is 8.46. The molecule has 1 aromatic carbocycles. The summed E-state index contributed by atoms with van der Waals surface area (Å²) in [5.41, 5.74) is 2.39. The van der Waals surface area contributed by atoms with Crippen molar-refractivity contribution >= 4 is 17.3 Å². The van der Waals surface area contributed by atoms with Gasteiger partial charge in [-0.2, -0.15) is 0 Å². The minimum atomic E-state index is 0.0700. The van der Waals surface area contributed by atoms with E-state index in [9.17, 15) is 0 Å². The normalized spacial score (nSPS) is 11.0. The fraction of sp³-hybridized carbons (Fsp3) is 0.294. The van der Waals surface area contributed by atoms with E-state index in [1.807, 2.05) is 12.1 Å². The van der Waals surface area contributed by atoms with Gasteiger partial charge >= 0.3 is 0 Å². The number of aromatic nitrogens is 2. The van der Waals surface area contributed by atoms with E-state index in [0.29, 0.717) is 6.54 Å². The van der Waals surface area contributed by atoms with Gasteiger partial charge in [0.2, 0.25) is 0 Å². The summed E-state index contributed by atoms with van der Waals surface area (Å²) in [6.45, 7) is 11.0. The fourth-order valence-corrected chi connectivity index (χ4v) is 2.08. The molecule has 0 aliphatic heterocycles. The molecule has 21 heavy (non-hydrogen) atoms. The quantitative estimate of drug-likeness (QED) is 0.810. The molecular formula is C17H22N4. The lowest BCUT2D eigenvalue weighted by Crippen LogP contribution is -2.13. The molecule has 0 aliphatic rings. The number of hydrogen-bond acceptors (Lipinski definition) is 4. The molecule has 4 nitrogen and oxygen atoms in total. The highest BCUT2D eigenvalue weighted by atomic mass is 15.1. The molecule has 2 N–H and O–H groups in total. The van der Waals surface area contributed by atoms with E-state index in [-0.39, 0.29) is 5.41 Å². The molecular weight excluding hydrogens is 260 g/mol. The molecule has 0 atom stereocenters. The number of nitrogens with zero attached hydrogens (tertiary/aromatic N) is 2. The van der Waals surface area contributed by atoms with Gasteiger partial charge in [-0.25, -0.2) is 9.97 Å². The van der Waals surface area contributed by atoms with Crippen molar-refractivity contribution < 1.29 is 0 Å². The third kappa shape index (κ3) is 4.05. The first kappa shape index (κ1) is 15.0. The summed E-state index contributed by atoms with van der Waals surface area (Å²) >= 11 is 0. The van der Waals surface area contributed by atoms with Crippen LogP contribution in [-0.2, 0) is 5.41 Å². The van der Waals surface area contributed by atoms with Crippen LogP contribution in [0.4, 0.5) is 17.3 Å². The van der Waals surface area contributed by atoms with E-state index in [2.05, 4.69) is 66.2 Å². The lowest BCUT2D eigenvalue weighted by molar-refractivity contribution is 0.592. The van der Waals surface area contributed by atoms with Crippen LogP contribution in [-0.4, -0.2) is 16.5 Å². The largest absolute Gasteiger partial charge is 0.366 e. The molecule has 110 valence electrons. The minimum Gasteiger partial charge on any atom is -0.366 e. The minimum absolute atomic E-state index is 0.0700. The Kier molecular flexibility index (Phi) is 4.58. The van der Waals surface area contributed by atoms with E-state index >= 15 is 0 Å². The van der Waals surface area contributed by atoms with Crippen LogP contribution in [0.5, 0.6) is 0 Å². The summed E-state index contributed by atoms with van der Waals surface area (Å²) in [5, 5.41) is 6.54. The van der Waals surface area contributed by atoms with Crippen molar-refractivity contribution in [3.63, 3.8) is 0 Å². The van der Waals surface area contributed by atoms with Crippen molar-refractivity contribution in [1.82, 2.24) is 9.97 Å². The van der Waals surface area contributed by atoms with Crippen molar-refractivity contribution in [3.05, 3.63) is 54.9 Å². The second-order valence-electron chi connectivity index (χ2n) is 5.88. The smallest absolute Gasteiger partial charge is 0.135 e. The van der Waals surface area contributed by atoms with Crippen LogP contribution in [0.1, 0.15) is 26.3 Å². The van der Waals surface area contributed by atoms with Gasteiger partial charge in [-0.1, -0.05) is 45.0 Å². The number of nitrogens with one attached hydrogen (secondary N) is 2. The average Bonchev–Trinajstić information content (AvgIpc) is 2.45. The zero-order chi connectivity index (χ0) is 15.3. The van der Waals surface area contributed by atoms with Gasteiger partial charge in [0.05, 0.1) is 0 Å². The van der Waals surface area contributed by atoms with Gasteiger partial charge in [-0.3, -0.25) is 0 Å². The molecule has 0 spiro atoms. The predicted molar refractivity (Wildman–Crippen MR) is 89.1 cm³/mol. The second-order valence-corrected chi connectivity index (χ2v) is 5.88. The van der Waals surface area contributed by atoms with Crippen molar-refractivity contribution in [2.75, 3.05) is 17.2 Å². The zero-order valence-electron chi connectivity index (χ0n) is 12.9. The van der Waals surface area contributed by atoms with Crippen molar-refractivity contribution in [2.45, 2.75) is 26.2 Å². The highest BCUT2D eigenvalue weighted by Crippen LogP contribution is 2.30. The van der Waals surface area contributed by atoms with Gasteiger partial charge < -0.3 is 10.6 Å². The molecule has 0 saturated carbocycles. The molecule has 1 aromatic heterocycles. The van der Waals surface area contributed by atoms with E-state index in [0.717, 1.165) is 17.3 Å². The Morgan fingerprint density at radius 1 is 1.14 bits per heavy atom. The number of hydrogen-bond donors (Lipinski definition) is 2. The molecule has 4 heteroatoms. The van der Waals surface area contributed by atoms with Gasteiger partial charge in [0, 0.05) is 18.3 Å². The zero-order valence-corrected chi connectivity index (χ0v) is 12.9. The van der Waals surface area contributed by atoms with Gasteiger partial charge in [0.15, 0.2) is 0 Å². The molecule has 0 aliphatic carbocycles. The van der Waals surface area contributed by atoms with Crippen molar-refractivity contribution in [1.29, 1.82) is 0 Å². The molecule has 1 heterocycles. The van der Waals surface area contributed by atoms with Gasteiger partial charge in [0.25, 0.3) is 0 Å². The van der Waals surface area contributed by atoms with Crippen LogP contribution in [0.25, 0.3) is 0 Å². The van der Waals surface area contributed by atoms with Crippen molar-refractivity contribution in [2.24, 2.45) is 0 Å². The van der Waals surface area contributed by atoms with E-state index in [4.69, 9.17) is 0 Å². The Morgan fingerprint density at radius 2 is 1.86 bits per heavy atom. The van der Waals surface area contributed by atoms with E-state index in [1.54, 1.807) is 12.4 Å². The molecule has 0 unspecified atom stereocenters. The predicted octanol–water partition coefficient (Wildman–Crippen LogP) is 4.12. The fourth-order valence-electron chi connectivity index (χ4n) is 2.08. The Labute approximate surface area is 126 Å². The maximum atomic E-state index is 4.28. The number of anilines is 3. The Hall–Kier alpha value is -2.36. The van der Waals surface area contributed by atoms with Crippen LogP contribution in [0.2, 0.25) is 0 Å². The first-order valence-corrected chi connectivity index (χ1v) is 7.04. The highest BCUT2D eigenvalue weighted by molar-refractivity contribution is 5.63. The second kappa shape index (κ2) is 6.39. The highest BCUT2D eigenvalue weighted by Gasteiger charge is 2.17. The van der Waals surface area contributed by atoms with Gasteiger partial charge in [-0.15, -0.1) is 6.58 Å². The lowest BCUT2D eigenvalue weighted by Gasteiger charge is -2.23. The molecule has 0 bridgehead atoms. The van der Waals surface area contributed by atoms with Crippen molar-refractivity contribution in [3.8, 4) is 0 Å². The van der Waals surface area contributed by atoms with Gasteiger partial charge in [-0.05, 0) is 17.0 Å². The molecule has 2 aromatic rings. The van der Waals surface area contributed by atoms with Crippen LogP contribution in [0.15, 0.2) is 49.3 Å². The number of rotatable bonds is 5. The Morgan fingerprint density at radius 3 is 2.57 bits per heavy atom. The topological polar surface area (TPSA) is 49.8 Å². The summed E-state index contributed by atoms with van der Waals surface area (Å²) in [7, 11) is 0. The average molecular weight is 282 g/mol. The summed E-state index contributed by atoms with van der Waals surface area (Å²) < 4.78 is 0.